The Balaban J connectivity index is 2.44. The number of hydrogen-bond donors (Lipinski definition) is 1. The van der Waals surface area contributed by atoms with Crippen molar-refractivity contribution in [3.8, 4) is 0 Å². The summed E-state index contributed by atoms with van der Waals surface area (Å²) in [7, 11) is 0. The summed E-state index contributed by atoms with van der Waals surface area (Å²) >= 11 is 6.08. The van der Waals surface area contributed by atoms with Gasteiger partial charge in [0, 0.05) is 17.4 Å². The minimum absolute atomic E-state index is 0.0300. The highest BCUT2D eigenvalue weighted by atomic mass is 35.5. The fraction of sp³-hybridized carbons (Fsp3) is 0.286. The van der Waals surface area contributed by atoms with E-state index in [1.54, 1.807) is 18.6 Å². The SMILES string of the molecule is CCNC(c1cnccn1)c1cc(Cl)ccc1C. The van der Waals surface area contributed by atoms with Gasteiger partial charge in [-0.15, -0.1) is 0 Å². The smallest absolute Gasteiger partial charge is 0.0801 e. The first-order chi connectivity index (χ1) is 8.72. The first-order valence-electron chi connectivity index (χ1n) is 5.97. The average molecular weight is 262 g/mol. The van der Waals surface area contributed by atoms with E-state index in [2.05, 4.69) is 29.1 Å². The molecule has 0 spiro atoms. The van der Waals surface area contributed by atoms with Crippen LogP contribution in [0.5, 0.6) is 0 Å². The van der Waals surface area contributed by atoms with Crippen LogP contribution in [-0.2, 0) is 0 Å². The first-order valence-corrected chi connectivity index (χ1v) is 6.35. The zero-order valence-electron chi connectivity index (χ0n) is 10.5. The molecule has 94 valence electrons. The number of aromatic nitrogens is 2. The van der Waals surface area contributed by atoms with Crippen LogP contribution in [0.25, 0.3) is 0 Å². The van der Waals surface area contributed by atoms with Gasteiger partial charge in [-0.05, 0) is 36.7 Å². The third-order valence-electron chi connectivity index (χ3n) is 2.84. The molecule has 1 atom stereocenters. The van der Waals surface area contributed by atoms with Gasteiger partial charge in [0.2, 0.25) is 0 Å². The molecule has 3 nitrogen and oxygen atoms in total. The molecule has 0 radical (unpaired) electrons. The quantitative estimate of drug-likeness (QED) is 0.919. The van der Waals surface area contributed by atoms with Crippen LogP contribution >= 0.6 is 11.6 Å². The lowest BCUT2D eigenvalue weighted by Crippen LogP contribution is -2.23. The summed E-state index contributed by atoms with van der Waals surface area (Å²) < 4.78 is 0. The number of hydrogen-bond acceptors (Lipinski definition) is 3. The van der Waals surface area contributed by atoms with Gasteiger partial charge in [0.1, 0.15) is 0 Å². The number of rotatable bonds is 4. The van der Waals surface area contributed by atoms with Crippen LogP contribution in [0.3, 0.4) is 0 Å². The fourth-order valence-electron chi connectivity index (χ4n) is 1.96. The Bertz CT molecular complexity index is 514. The van der Waals surface area contributed by atoms with Crippen LogP contribution in [0.1, 0.15) is 29.8 Å². The topological polar surface area (TPSA) is 37.8 Å². The maximum atomic E-state index is 6.08. The number of aryl methyl sites for hydroxylation is 1. The van der Waals surface area contributed by atoms with Crippen molar-refractivity contribution in [2.75, 3.05) is 6.54 Å². The molecule has 1 unspecified atom stereocenters. The molecule has 1 aromatic carbocycles. The lowest BCUT2D eigenvalue weighted by atomic mass is 9.99. The zero-order valence-corrected chi connectivity index (χ0v) is 11.3. The predicted octanol–water partition coefficient (Wildman–Crippen LogP) is 3.14. The second-order valence-electron chi connectivity index (χ2n) is 4.12. The Kier molecular flexibility index (Phi) is 4.28. The summed E-state index contributed by atoms with van der Waals surface area (Å²) in [6.07, 6.45) is 5.17. The predicted molar refractivity (Wildman–Crippen MR) is 73.7 cm³/mol. The van der Waals surface area contributed by atoms with Gasteiger partial charge in [-0.25, -0.2) is 0 Å². The third kappa shape index (κ3) is 2.86. The summed E-state index contributed by atoms with van der Waals surface area (Å²) in [6.45, 7) is 5.00. The average Bonchev–Trinajstić information content (AvgIpc) is 2.40. The van der Waals surface area contributed by atoms with E-state index in [1.165, 1.54) is 5.56 Å². The molecule has 0 aliphatic rings. The van der Waals surface area contributed by atoms with Gasteiger partial charge in [0.25, 0.3) is 0 Å². The first kappa shape index (κ1) is 13.0. The number of halogens is 1. The zero-order chi connectivity index (χ0) is 13.0. The fourth-order valence-corrected chi connectivity index (χ4v) is 2.14. The number of benzene rings is 1. The second-order valence-corrected chi connectivity index (χ2v) is 4.56. The van der Waals surface area contributed by atoms with Gasteiger partial charge in [-0.2, -0.15) is 0 Å². The Morgan fingerprint density at radius 1 is 1.33 bits per heavy atom. The molecule has 0 saturated heterocycles. The van der Waals surface area contributed by atoms with E-state index in [9.17, 15) is 0 Å². The van der Waals surface area contributed by atoms with Crippen molar-refractivity contribution in [2.45, 2.75) is 19.9 Å². The maximum Gasteiger partial charge on any atom is 0.0801 e. The Hall–Kier alpha value is -1.45. The summed E-state index contributed by atoms with van der Waals surface area (Å²) in [5.41, 5.74) is 3.24. The molecule has 0 saturated carbocycles. The lowest BCUT2D eigenvalue weighted by molar-refractivity contribution is 0.610. The van der Waals surface area contributed by atoms with E-state index < -0.39 is 0 Å². The standard InChI is InChI=1S/C14H16ClN3/c1-3-17-14(13-9-16-6-7-18-13)12-8-11(15)5-4-10(12)2/h4-9,14,17H,3H2,1-2H3. The van der Waals surface area contributed by atoms with E-state index in [1.807, 2.05) is 18.2 Å². The Morgan fingerprint density at radius 2 is 2.17 bits per heavy atom. The van der Waals surface area contributed by atoms with Crippen LogP contribution in [0, 0.1) is 6.92 Å². The normalized spacial score (nSPS) is 12.4. The number of nitrogens with one attached hydrogen (secondary N) is 1. The third-order valence-corrected chi connectivity index (χ3v) is 3.07. The van der Waals surface area contributed by atoms with Crippen molar-refractivity contribution in [3.05, 3.63) is 58.6 Å². The van der Waals surface area contributed by atoms with Gasteiger partial charge in [0.15, 0.2) is 0 Å². The maximum absolute atomic E-state index is 6.08. The van der Waals surface area contributed by atoms with E-state index in [-0.39, 0.29) is 6.04 Å². The highest BCUT2D eigenvalue weighted by Crippen LogP contribution is 2.25. The molecule has 1 aromatic heterocycles. The second kappa shape index (κ2) is 5.94. The van der Waals surface area contributed by atoms with Crippen molar-refractivity contribution in [1.29, 1.82) is 0 Å². The summed E-state index contributed by atoms with van der Waals surface area (Å²) in [6, 6.07) is 5.94. The van der Waals surface area contributed by atoms with Gasteiger partial charge in [-0.3, -0.25) is 9.97 Å². The van der Waals surface area contributed by atoms with Gasteiger partial charge < -0.3 is 5.32 Å². The van der Waals surface area contributed by atoms with Crippen molar-refractivity contribution in [2.24, 2.45) is 0 Å². The molecule has 0 aliphatic carbocycles. The van der Waals surface area contributed by atoms with E-state index >= 15 is 0 Å². The molecule has 1 N–H and O–H groups in total. The van der Waals surface area contributed by atoms with Crippen molar-refractivity contribution in [1.82, 2.24) is 15.3 Å². The van der Waals surface area contributed by atoms with Crippen molar-refractivity contribution in [3.63, 3.8) is 0 Å². The van der Waals surface area contributed by atoms with Gasteiger partial charge in [-0.1, -0.05) is 24.6 Å². The van der Waals surface area contributed by atoms with E-state index in [4.69, 9.17) is 11.6 Å². The molecule has 2 rings (SSSR count). The van der Waals surface area contributed by atoms with E-state index in [0.717, 1.165) is 22.8 Å². The molecule has 4 heteroatoms. The van der Waals surface area contributed by atoms with Gasteiger partial charge in [0.05, 0.1) is 17.9 Å². The van der Waals surface area contributed by atoms with Crippen molar-refractivity contribution >= 4 is 11.6 Å². The highest BCUT2D eigenvalue weighted by molar-refractivity contribution is 6.30. The molecule has 0 amide bonds. The molecular formula is C14H16ClN3. The largest absolute Gasteiger partial charge is 0.305 e. The van der Waals surface area contributed by atoms with Crippen LogP contribution in [0.15, 0.2) is 36.8 Å². The highest BCUT2D eigenvalue weighted by Gasteiger charge is 2.16. The number of nitrogens with zero attached hydrogens (tertiary/aromatic N) is 2. The molecule has 0 fully saturated rings. The molecule has 1 heterocycles. The Morgan fingerprint density at radius 3 is 2.83 bits per heavy atom. The molecule has 18 heavy (non-hydrogen) atoms. The van der Waals surface area contributed by atoms with Crippen LogP contribution in [0.4, 0.5) is 0 Å². The van der Waals surface area contributed by atoms with Gasteiger partial charge >= 0.3 is 0 Å². The van der Waals surface area contributed by atoms with E-state index in [0.29, 0.717) is 0 Å². The Labute approximate surface area is 112 Å². The molecular weight excluding hydrogens is 246 g/mol. The minimum atomic E-state index is 0.0300. The molecule has 0 bridgehead atoms. The monoisotopic (exact) mass is 261 g/mol. The summed E-state index contributed by atoms with van der Waals surface area (Å²) in [5.74, 6) is 0. The van der Waals surface area contributed by atoms with Crippen LogP contribution in [0.2, 0.25) is 5.02 Å². The molecule has 2 aromatic rings. The lowest BCUT2D eigenvalue weighted by Gasteiger charge is -2.19. The molecule has 0 aliphatic heterocycles. The summed E-state index contributed by atoms with van der Waals surface area (Å²) in [4.78, 5) is 8.51. The van der Waals surface area contributed by atoms with Crippen LogP contribution in [-0.4, -0.2) is 16.5 Å². The van der Waals surface area contributed by atoms with Crippen LogP contribution < -0.4 is 5.32 Å². The minimum Gasteiger partial charge on any atom is -0.305 e. The summed E-state index contributed by atoms with van der Waals surface area (Å²) in [5, 5.41) is 4.16. The van der Waals surface area contributed by atoms with Crippen molar-refractivity contribution < 1.29 is 0 Å².